The number of methoxy groups -OCH3 is 1. The van der Waals surface area contributed by atoms with Crippen molar-refractivity contribution in [2.75, 3.05) is 7.11 Å². The van der Waals surface area contributed by atoms with Gasteiger partial charge in [0.1, 0.15) is 5.92 Å². The van der Waals surface area contributed by atoms with E-state index in [1.807, 2.05) is 58.0 Å². The molecule has 1 rings (SSSR count). The highest BCUT2D eigenvalue weighted by Crippen LogP contribution is 2.19. The van der Waals surface area contributed by atoms with Crippen LogP contribution in [0.5, 0.6) is 0 Å². The van der Waals surface area contributed by atoms with Gasteiger partial charge in [0.25, 0.3) is 0 Å². The molecule has 1 amide bonds. The summed E-state index contributed by atoms with van der Waals surface area (Å²) in [5.74, 6) is -1.02. The van der Waals surface area contributed by atoms with Crippen LogP contribution in [-0.2, 0) is 14.3 Å². The second-order valence-electron chi connectivity index (χ2n) is 5.72. The van der Waals surface area contributed by atoms with Gasteiger partial charge >= 0.3 is 12.1 Å². The van der Waals surface area contributed by atoms with E-state index < -0.39 is 18.0 Å². The zero-order valence-electron chi connectivity index (χ0n) is 14.4. The molecule has 0 N–H and O–H groups in total. The van der Waals surface area contributed by atoms with E-state index >= 15 is 0 Å². The van der Waals surface area contributed by atoms with Crippen molar-refractivity contribution < 1.29 is 19.1 Å². The number of benzene rings is 1. The fraction of sp³-hybridized carbons (Fsp3) is 0.444. The van der Waals surface area contributed by atoms with Gasteiger partial charge in [0.2, 0.25) is 0 Å². The molecule has 0 saturated carbocycles. The topological polar surface area (TPSA) is 55.8 Å². The highest BCUT2D eigenvalue weighted by Gasteiger charge is 2.22. The van der Waals surface area contributed by atoms with Gasteiger partial charge in [-0.05, 0) is 39.3 Å². The molecule has 1 aromatic rings. The Bertz CT molecular complexity index is 529. The molecular weight excluding hydrogens is 294 g/mol. The van der Waals surface area contributed by atoms with Crippen molar-refractivity contribution in [2.45, 2.75) is 45.7 Å². The number of rotatable bonds is 6. The number of carbonyl (C=O) groups is 2. The summed E-state index contributed by atoms with van der Waals surface area (Å²) in [6, 6.07) is 9.24. The maximum Gasteiger partial charge on any atom is 0.415 e. The van der Waals surface area contributed by atoms with Gasteiger partial charge in [-0.3, -0.25) is 4.79 Å². The van der Waals surface area contributed by atoms with Crippen molar-refractivity contribution in [3.8, 4) is 0 Å². The van der Waals surface area contributed by atoms with Gasteiger partial charge in [0, 0.05) is 12.1 Å². The maximum absolute atomic E-state index is 12.1. The quantitative estimate of drug-likeness (QED) is 0.592. The van der Waals surface area contributed by atoms with Gasteiger partial charge in [-0.25, -0.2) is 4.79 Å². The lowest BCUT2D eigenvalue weighted by Crippen LogP contribution is -2.41. The zero-order chi connectivity index (χ0) is 17.4. The fourth-order valence-electron chi connectivity index (χ4n) is 2.37. The smallest absolute Gasteiger partial charge is 0.415 e. The van der Waals surface area contributed by atoms with Crippen molar-refractivity contribution in [3.05, 3.63) is 48.2 Å². The Morgan fingerprint density at radius 3 is 2.09 bits per heavy atom. The molecule has 23 heavy (non-hydrogen) atoms. The average Bonchev–Trinajstić information content (AvgIpc) is 2.51. The molecule has 0 bridgehead atoms. The van der Waals surface area contributed by atoms with Gasteiger partial charge in [-0.15, -0.1) is 0 Å². The molecule has 5 nitrogen and oxygen atoms in total. The van der Waals surface area contributed by atoms with Crippen LogP contribution in [0.3, 0.4) is 0 Å². The number of carbonyl (C=O) groups excluding carboxylic acids is 2. The minimum absolute atomic E-state index is 0.0291. The Kier molecular flexibility index (Phi) is 7.32. The third-order valence-electron chi connectivity index (χ3n) is 3.38. The largest absolute Gasteiger partial charge is 0.468 e. The fourth-order valence-corrected chi connectivity index (χ4v) is 2.37. The van der Waals surface area contributed by atoms with Crippen LogP contribution in [0.15, 0.2) is 42.7 Å². The monoisotopic (exact) mass is 319 g/mol. The third-order valence-corrected chi connectivity index (χ3v) is 3.38. The number of ether oxygens (including phenoxy) is 2. The van der Waals surface area contributed by atoms with Crippen LogP contribution in [0.1, 0.15) is 39.2 Å². The molecule has 1 atom stereocenters. The Hall–Kier alpha value is -2.30. The first-order valence-corrected chi connectivity index (χ1v) is 7.66. The summed E-state index contributed by atoms with van der Waals surface area (Å²) >= 11 is 0. The Labute approximate surface area is 137 Å². The minimum atomic E-state index is -0.611. The van der Waals surface area contributed by atoms with E-state index in [1.165, 1.54) is 19.4 Å². The third kappa shape index (κ3) is 5.43. The number of amides is 1. The van der Waals surface area contributed by atoms with E-state index in [4.69, 9.17) is 9.47 Å². The Morgan fingerprint density at radius 2 is 1.61 bits per heavy atom. The van der Waals surface area contributed by atoms with Gasteiger partial charge < -0.3 is 14.4 Å². The van der Waals surface area contributed by atoms with Gasteiger partial charge in [0.05, 0.1) is 13.4 Å². The summed E-state index contributed by atoms with van der Waals surface area (Å²) in [4.78, 5) is 25.7. The summed E-state index contributed by atoms with van der Waals surface area (Å²) in [6.45, 7) is 7.69. The van der Waals surface area contributed by atoms with E-state index in [-0.39, 0.29) is 12.1 Å². The van der Waals surface area contributed by atoms with Gasteiger partial charge in [-0.2, -0.15) is 0 Å². The lowest BCUT2D eigenvalue weighted by atomic mass is 9.99. The predicted octanol–water partition coefficient (Wildman–Crippen LogP) is 3.71. The summed E-state index contributed by atoms with van der Waals surface area (Å²) < 4.78 is 9.98. The molecule has 0 aromatic heterocycles. The van der Waals surface area contributed by atoms with Crippen LogP contribution in [0.2, 0.25) is 0 Å². The number of esters is 1. The van der Waals surface area contributed by atoms with E-state index in [9.17, 15) is 9.59 Å². The SMILES string of the molecule is COC(=O)[C@H](/C=C\OC(=O)N(C(C)C)C(C)C)c1ccccc1. The second-order valence-corrected chi connectivity index (χ2v) is 5.72. The van der Waals surface area contributed by atoms with E-state index in [0.717, 1.165) is 5.56 Å². The van der Waals surface area contributed by atoms with Crippen LogP contribution < -0.4 is 0 Å². The van der Waals surface area contributed by atoms with Crippen molar-refractivity contribution in [3.63, 3.8) is 0 Å². The summed E-state index contributed by atoms with van der Waals surface area (Å²) in [5, 5.41) is 0. The second kappa shape index (κ2) is 8.98. The first-order valence-electron chi connectivity index (χ1n) is 7.66. The molecule has 1 aromatic carbocycles. The minimum Gasteiger partial charge on any atom is -0.468 e. The molecular formula is C18H25NO4. The first-order chi connectivity index (χ1) is 10.9. The normalized spacial score (nSPS) is 12.5. The number of nitrogens with zero attached hydrogens (tertiary/aromatic N) is 1. The van der Waals surface area contributed by atoms with Gasteiger partial charge in [0.15, 0.2) is 0 Å². The Balaban J connectivity index is 2.83. The van der Waals surface area contributed by atoms with Crippen molar-refractivity contribution in [2.24, 2.45) is 0 Å². The summed E-state index contributed by atoms with van der Waals surface area (Å²) in [7, 11) is 1.33. The molecule has 126 valence electrons. The van der Waals surface area contributed by atoms with Crippen molar-refractivity contribution in [1.82, 2.24) is 4.90 Å². The lowest BCUT2D eigenvalue weighted by molar-refractivity contribution is -0.141. The highest BCUT2D eigenvalue weighted by molar-refractivity contribution is 5.80. The number of hydrogen-bond acceptors (Lipinski definition) is 4. The lowest BCUT2D eigenvalue weighted by Gasteiger charge is -2.28. The molecule has 0 unspecified atom stereocenters. The molecule has 0 aliphatic carbocycles. The molecule has 0 aliphatic heterocycles. The van der Waals surface area contributed by atoms with E-state index in [1.54, 1.807) is 4.90 Å². The summed E-state index contributed by atoms with van der Waals surface area (Å²) in [5.41, 5.74) is 0.774. The molecule has 5 heteroatoms. The maximum atomic E-state index is 12.1. The molecule has 0 spiro atoms. The predicted molar refractivity (Wildman–Crippen MR) is 88.9 cm³/mol. The highest BCUT2D eigenvalue weighted by atomic mass is 16.5. The zero-order valence-corrected chi connectivity index (χ0v) is 14.4. The average molecular weight is 319 g/mol. The van der Waals surface area contributed by atoms with E-state index in [0.29, 0.717) is 0 Å². The first kappa shape index (κ1) is 18.7. The van der Waals surface area contributed by atoms with Crippen LogP contribution in [0, 0.1) is 0 Å². The van der Waals surface area contributed by atoms with Crippen LogP contribution in [-0.4, -0.2) is 36.2 Å². The summed E-state index contributed by atoms with van der Waals surface area (Å²) in [6.07, 6.45) is 2.34. The molecule has 0 fully saturated rings. The molecule has 0 aliphatic rings. The van der Waals surface area contributed by atoms with E-state index in [2.05, 4.69) is 0 Å². The number of hydrogen-bond donors (Lipinski definition) is 0. The van der Waals surface area contributed by atoms with Gasteiger partial charge in [-0.1, -0.05) is 30.3 Å². The molecule has 0 saturated heterocycles. The molecule has 0 radical (unpaired) electrons. The van der Waals surface area contributed by atoms with Crippen LogP contribution in [0.25, 0.3) is 0 Å². The van der Waals surface area contributed by atoms with Crippen molar-refractivity contribution in [1.29, 1.82) is 0 Å². The molecule has 0 heterocycles. The Morgan fingerprint density at radius 1 is 1.04 bits per heavy atom. The van der Waals surface area contributed by atoms with Crippen LogP contribution in [0.4, 0.5) is 4.79 Å². The van der Waals surface area contributed by atoms with Crippen LogP contribution >= 0.6 is 0 Å². The standard InChI is InChI=1S/C18H25NO4/c1-13(2)19(14(3)4)18(21)23-12-11-16(17(20)22-5)15-9-7-6-8-10-15/h6-14,16H,1-5H3/b12-11-/t16-/m1/s1. The van der Waals surface area contributed by atoms with Crippen molar-refractivity contribution >= 4 is 12.1 Å².